The van der Waals surface area contributed by atoms with Gasteiger partial charge in [0, 0.05) is 13.0 Å². The van der Waals surface area contributed by atoms with Crippen molar-refractivity contribution in [3.63, 3.8) is 0 Å². The van der Waals surface area contributed by atoms with Gasteiger partial charge in [0.2, 0.25) is 0 Å². The number of nitrogens with two attached hydrogens (primary N) is 1. The molecule has 3 nitrogen and oxygen atoms in total. The summed E-state index contributed by atoms with van der Waals surface area (Å²) in [5.74, 6) is -0.211. The van der Waals surface area contributed by atoms with Gasteiger partial charge in [0.25, 0.3) is 0 Å². The van der Waals surface area contributed by atoms with Crippen LogP contribution in [0.5, 0.6) is 0 Å². The van der Waals surface area contributed by atoms with Crippen LogP contribution >= 0.6 is 0 Å². The molecule has 0 unspecified atom stereocenters. The van der Waals surface area contributed by atoms with E-state index in [-0.39, 0.29) is 18.1 Å². The van der Waals surface area contributed by atoms with E-state index in [0.29, 0.717) is 0 Å². The first-order valence-corrected chi connectivity index (χ1v) is 4.63. The molecule has 1 aliphatic carbocycles. The monoisotopic (exact) mass is 171 g/mol. The average molecular weight is 171 g/mol. The topological polar surface area (TPSA) is 52.3 Å². The molecule has 1 rings (SSSR count). The van der Waals surface area contributed by atoms with Gasteiger partial charge in [-0.05, 0) is 19.3 Å². The highest BCUT2D eigenvalue weighted by molar-refractivity contribution is 5.66. The van der Waals surface area contributed by atoms with Crippen LogP contribution in [0.15, 0.2) is 0 Å². The molecule has 0 aromatic heterocycles. The Morgan fingerprint density at radius 3 is 2.67 bits per heavy atom. The predicted molar refractivity (Wildman–Crippen MR) is 46.6 cm³/mol. The van der Waals surface area contributed by atoms with Gasteiger partial charge < -0.3 is 10.5 Å². The lowest BCUT2D eigenvalue weighted by atomic mass is 10.1. The van der Waals surface area contributed by atoms with E-state index in [4.69, 9.17) is 10.5 Å². The fraction of sp³-hybridized carbons (Fsp3) is 0.889. The van der Waals surface area contributed by atoms with Crippen LogP contribution in [0.25, 0.3) is 0 Å². The molecule has 1 aliphatic rings. The molecule has 0 aromatic carbocycles. The van der Waals surface area contributed by atoms with Gasteiger partial charge >= 0.3 is 5.97 Å². The first kappa shape index (κ1) is 9.52. The van der Waals surface area contributed by atoms with Crippen LogP contribution in [0.1, 0.15) is 39.0 Å². The van der Waals surface area contributed by atoms with E-state index < -0.39 is 0 Å². The van der Waals surface area contributed by atoms with Crippen molar-refractivity contribution in [2.24, 2.45) is 5.73 Å². The number of rotatable bonds is 1. The smallest absolute Gasteiger partial charge is 0.302 e. The third-order valence-corrected chi connectivity index (χ3v) is 2.32. The molecule has 2 atom stereocenters. The number of carbonyl (C=O) groups is 1. The predicted octanol–water partition coefficient (Wildman–Crippen LogP) is 1.21. The fourth-order valence-electron chi connectivity index (χ4n) is 1.66. The van der Waals surface area contributed by atoms with Crippen LogP contribution in [0.4, 0.5) is 0 Å². The van der Waals surface area contributed by atoms with Gasteiger partial charge in [-0.25, -0.2) is 0 Å². The largest absolute Gasteiger partial charge is 0.461 e. The average Bonchev–Trinajstić information content (AvgIpc) is 2.16. The lowest BCUT2D eigenvalue weighted by molar-refractivity contribution is -0.147. The Hall–Kier alpha value is -0.570. The van der Waals surface area contributed by atoms with Crippen molar-refractivity contribution < 1.29 is 9.53 Å². The molecule has 0 aliphatic heterocycles. The standard InChI is InChI=1S/C9H17NO2/c1-7(11)12-9-6-4-2-3-5-8(9)10/h8-9H,2-6,10H2,1H3/t8-,9+/m0/s1. The lowest BCUT2D eigenvalue weighted by Crippen LogP contribution is -2.36. The molecule has 0 bridgehead atoms. The van der Waals surface area contributed by atoms with Crippen molar-refractivity contribution >= 4 is 5.97 Å². The highest BCUT2D eigenvalue weighted by Crippen LogP contribution is 2.19. The SMILES string of the molecule is CC(=O)O[C@@H]1CCCCC[C@@H]1N. The van der Waals surface area contributed by atoms with E-state index in [9.17, 15) is 4.79 Å². The molecular formula is C9H17NO2. The second kappa shape index (κ2) is 4.45. The summed E-state index contributed by atoms with van der Waals surface area (Å²) >= 11 is 0. The maximum atomic E-state index is 10.7. The number of ether oxygens (including phenoxy) is 1. The zero-order chi connectivity index (χ0) is 8.97. The summed E-state index contributed by atoms with van der Waals surface area (Å²) in [7, 11) is 0. The van der Waals surface area contributed by atoms with E-state index in [1.807, 2.05) is 0 Å². The summed E-state index contributed by atoms with van der Waals surface area (Å²) in [5.41, 5.74) is 5.85. The second-order valence-corrected chi connectivity index (χ2v) is 3.45. The Kier molecular flexibility index (Phi) is 3.53. The third kappa shape index (κ3) is 2.81. The number of hydrogen-bond donors (Lipinski definition) is 1. The molecule has 70 valence electrons. The molecule has 0 heterocycles. The molecule has 0 aromatic rings. The molecule has 0 spiro atoms. The van der Waals surface area contributed by atoms with Crippen LogP contribution in [-0.2, 0) is 9.53 Å². The Bertz CT molecular complexity index is 159. The number of carbonyl (C=O) groups excluding carboxylic acids is 1. The Labute approximate surface area is 73.3 Å². The van der Waals surface area contributed by atoms with E-state index in [1.165, 1.54) is 19.8 Å². The van der Waals surface area contributed by atoms with Crippen LogP contribution in [0.3, 0.4) is 0 Å². The first-order valence-electron chi connectivity index (χ1n) is 4.63. The van der Waals surface area contributed by atoms with Crippen molar-refractivity contribution in [1.82, 2.24) is 0 Å². The lowest BCUT2D eigenvalue weighted by Gasteiger charge is -2.20. The molecule has 1 saturated carbocycles. The van der Waals surface area contributed by atoms with Gasteiger partial charge in [-0.15, -0.1) is 0 Å². The van der Waals surface area contributed by atoms with Crippen molar-refractivity contribution in [3.8, 4) is 0 Å². The van der Waals surface area contributed by atoms with Crippen molar-refractivity contribution in [2.45, 2.75) is 51.2 Å². The second-order valence-electron chi connectivity index (χ2n) is 3.45. The van der Waals surface area contributed by atoms with Gasteiger partial charge in [-0.3, -0.25) is 4.79 Å². The van der Waals surface area contributed by atoms with Gasteiger partial charge in [-0.1, -0.05) is 12.8 Å². The molecule has 0 radical (unpaired) electrons. The van der Waals surface area contributed by atoms with Gasteiger partial charge in [0.05, 0.1) is 0 Å². The number of hydrogen-bond acceptors (Lipinski definition) is 3. The van der Waals surface area contributed by atoms with E-state index in [0.717, 1.165) is 19.3 Å². The molecule has 0 saturated heterocycles. The summed E-state index contributed by atoms with van der Waals surface area (Å²) in [4.78, 5) is 10.7. The zero-order valence-corrected chi connectivity index (χ0v) is 7.58. The molecule has 12 heavy (non-hydrogen) atoms. The van der Waals surface area contributed by atoms with Crippen molar-refractivity contribution in [1.29, 1.82) is 0 Å². The minimum Gasteiger partial charge on any atom is -0.461 e. The van der Waals surface area contributed by atoms with Gasteiger partial charge in [0.1, 0.15) is 6.10 Å². The van der Waals surface area contributed by atoms with Gasteiger partial charge in [-0.2, -0.15) is 0 Å². The Morgan fingerprint density at radius 2 is 2.00 bits per heavy atom. The highest BCUT2D eigenvalue weighted by atomic mass is 16.5. The van der Waals surface area contributed by atoms with Crippen LogP contribution in [0, 0.1) is 0 Å². The van der Waals surface area contributed by atoms with Crippen LogP contribution < -0.4 is 5.73 Å². The molecule has 0 amide bonds. The van der Waals surface area contributed by atoms with E-state index in [2.05, 4.69) is 0 Å². The van der Waals surface area contributed by atoms with Crippen LogP contribution in [0.2, 0.25) is 0 Å². The van der Waals surface area contributed by atoms with Crippen molar-refractivity contribution in [3.05, 3.63) is 0 Å². The Balaban J connectivity index is 2.41. The van der Waals surface area contributed by atoms with E-state index in [1.54, 1.807) is 0 Å². The third-order valence-electron chi connectivity index (χ3n) is 2.32. The minimum absolute atomic E-state index is 0.0370. The summed E-state index contributed by atoms with van der Waals surface area (Å²) in [5, 5.41) is 0. The summed E-state index contributed by atoms with van der Waals surface area (Å²) in [6.45, 7) is 1.44. The minimum atomic E-state index is -0.211. The molecule has 1 fully saturated rings. The molecule has 3 heteroatoms. The Morgan fingerprint density at radius 1 is 1.33 bits per heavy atom. The summed E-state index contributed by atoms with van der Waals surface area (Å²) in [6, 6.07) is 0.0522. The first-order chi connectivity index (χ1) is 5.70. The van der Waals surface area contributed by atoms with Crippen molar-refractivity contribution in [2.75, 3.05) is 0 Å². The molecular weight excluding hydrogens is 154 g/mol. The quantitative estimate of drug-likeness (QED) is 0.476. The van der Waals surface area contributed by atoms with Gasteiger partial charge in [0.15, 0.2) is 0 Å². The summed E-state index contributed by atoms with van der Waals surface area (Å²) in [6.07, 6.45) is 5.39. The normalized spacial score (nSPS) is 30.8. The molecule has 2 N–H and O–H groups in total. The van der Waals surface area contributed by atoms with E-state index >= 15 is 0 Å². The van der Waals surface area contributed by atoms with Crippen LogP contribution in [-0.4, -0.2) is 18.1 Å². The highest BCUT2D eigenvalue weighted by Gasteiger charge is 2.22. The number of esters is 1. The maximum absolute atomic E-state index is 10.7. The summed E-state index contributed by atoms with van der Waals surface area (Å²) < 4.78 is 5.12. The fourth-order valence-corrected chi connectivity index (χ4v) is 1.66. The maximum Gasteiger partial charge on any atom is 0.302 e. The zero-order valence-electron chi connectivity index (χ0n) is 7.58.